The predicted octanol–water partition coefficient (Wildman–Crippen LogP) is 5.72. The Morgan fingerprint density at radius 1 is 1.23 bits per heavy atom. The molecule has 1 rings (SSSR count). The van der Waals surface area contributed by atoms with E-state index in [1.165, 1.54) is 31.2 Å². The Labute approximate surface area is 135 Å². The molecule has 0 saturated carbocycles. The van der Waals surface area contributed by atoms with Crippen molar-refractivity contribution in [1.82, 2.24) is 0 Å². The molecule has 0 aliphatic rings. The summed E-state index contributed by atoms with van der Waals surface area (Å²) in [5, 5.41) is 10.3. The summed E-state index contributed by atoms with van der Waals surface area (Å²) >= 11 is 0. The normalized spacial score (nSPS) is 13.1. The van der Waals surface area contributed by atoms with E-state index in [2.05, 4.69) is 26.8 Å². The summed E-state index contributed by atoms with van der Waals surface area (Å²) in [6, 6.07) is 6.00. The molecule has 0 aromatic heterocycles. The number of phenolic OH excluding ortho intramolecular Hbond substituents is 1. The number of phenols is 1. The molecule has 0 heterocycles. The first-order valence-corrected chi connectivity index (χ1v) is 8.60. The summed E-state index contributed by atoms with van der Waals surface area (Å²) in [5.41, 5.74) is 2.13. The zero-order valence-electron chi connectivity index (χ0n) is 14.9. The van der Waals surface area contributed by atoms with Crippen LogP contribution in [0, 0.1) is 0 Å². The Bertz CT molecular complexity index is 488. The number of benzene rings is 1. The first-order valence-electron chi connectivity index (χ1n) is 8.60. The van der Waals surface area contributed by atoms with E-state index in [0.717, 1.165) is 12.0 Å². The number of aromatic hydroxyl groups is 1. The molecule has 0 fully saturated rings. The Hall–Kier alpha value is -1.31. The molecule has 1 N–H and O–H groups in total. The monoisotopic (exact) mass is 304 g/mol. The molecule has 0 radical (unpaired) electrons. The van der Waals surface area contributed by atoms with Crippen LogP contribution in [0.15, 0.2) is 18.2 Å². The fraction of sp³-hybridized carbons (Fsp3) is 0.650. The van der Waals surface area contributed by atoms with Crippen LogP contribution in [0.25, 0.3) is 0 Å². The van der Waals surface area contributed by atoms with E-state index in [-0.39, 0.29) is 17.1 Å². The van der Waals surface area contributed by atoms with Crippen molar-refractivity contribution >= 4 is 5.78 Å². The van der Waals surface area contributed by atoms with Crippen LogP contribution in [0.5, 0.6) is 5.75 Å². The van der Waals surface area contributed by atoms with Gasteiger partial charge in [-0.2, -0.15) is 0 Å². The van der Waals surface area contributed by atoms with E-state index in [1.54, 1.807) is 6.92 Å². The van der Waals surface area contributed by atoms with Gasteiger partial charge in [-0.3, -0.25) is 0 Å². The highest BCUT2D eigenvalue weighted by atomic mass is 16.3. The third kappa shape index (κ3) is 5.47. The molecule has 0 unspecified atom stereocenters. The number of unbranched alkanes of at least 4 members (excludes halogenated alkanes) is 3. The van der Waals surface area contributed by atoms with Gasteiger partial charge >= 0.3 is 0 Å². The summed E-state index contributed by atoms with van der Waals surface area (Å²) in [6.45, 7) is 10.3. The number of carbonyl (C=O) groups excluding carboxylic acids is 1. The Kier molecular flexibility index (Phi) is 7.12. The minimum atomic E-state index is 0.0687. The second kappa shape index (κ2) is 8.36. The van der Waals surface area contributed by atoms with Crippen molar-refractivity contribution in [2.24, 2.45) is 0 Å². The minimum absolute atomic E-state index is 0.0687. The zero-order chi connectivity index (χ0) is 16.8. The summed E-state index contributed by atoms with van der Waals surface area (Å²) in [4.78, 5) is 11.3. The van der Waals surface area contributed by atoms with E-state index < -0.39 is 0 Å². The SMILES string of the molecule is CCCCCCC(C)(C)c1ccc([C@@H](C)CC(C)=O)c(O)c1. The number of ketones is 1. The standard InChI is InChI=1S/C20H32O2/c1-6-7-8-9-12-20(4,5)17-10-11-18(19(22)14-17)15(2)13-16(3)21/h10-11,14-15,22H,6-9,12-13H2,1-5H3/t15-/m0/s1. The van der Waals surface area contributed by atoms with Gasteiger partial charge in [0.15, 0.2) is 0 Å². The molecule has 0 saturated heterocycles. The lowest BCUT2D eigenvalue weighted by molar-refractivity contribution is -0.117. The van der Waals surface area contributed by atoms with Crippen LogP contribution in [-0.2, 0) is 10.2 Å². The highest BCUT2D eigenvalue weighted by molar-refractivity contribution is 5.76. The predicted molar refractivity (Wildman–Crippen MR) is 93.6 cm³/mol. The van der Waals surface area contributed by atoms with Gasteiger partial charge in [0.25, 0.3) is 0 Å². The van der Waals surface area contributed by atoms with Gasteiger partial charge in [0.2, 0.25) is 0 Å². The molecule has 0 aliphatic carbocycles. The van der Waals surface area contributed by atoms with Crippen LogP contribution in [0.3, 0.4) is 0 Å². The molecular weight excluding hydrogens is 272 g/mol. The number of rotatable bonds is 9. The lowest BCUT2D eigenvalue weighted by Gasteiger charge is -2.26. The van der Waals surface area contributed by atoms with Crippen LogP contribution in [0.4, 0.5) is 0 Å². The van der Waals surface area contributed by atoms with Crippen LogP contribution in [-0.4, -0.2) is 10.9 Å². The van der Waals surface area contributed by atoms with Crippen LogP contribution in [0.2, 0.25) is 0 Å². The topological polar surface area (TPSA) is 37.3 Å². The third-order valence-electron chi connectivity index (χ3n) is 4.59. The minimum Gasteiger partial charge on any atom is -0.508 e. The van der Waals surface area contributed by atoms with Crippen molar-refractivity contribution in [1.29, 1.82) is 0 Å². The van der Waals surface area contributed by atoms with E-state index in [0.29, 0.717) is 12.2 Å². The third-order valence-corrected chi connectivity index (χ3v) is 4.59. The maximum atomic E-state index is 11.3. The van der Waals surface area contributed by atoms with Crippen LogP contribution >= 0.6 is 0 Å². The van der Waals surface area contributed by atoms with E-state index in [1.807, 2.05) is 19.1 Å². The fourth-order valence-corrected chi connectivity index (χ4v) is 3.06. The number of hydrogen-bond donors (Lipinski definition) is 1. The van der Waals surface area contributed by atoms with E-state index >= 15 is 0 Å². The lowest BCUT2D eigenvalue weighted by atomic mass is 9.79. The molecule has 2 heteroatoms. The molecular formula is C20H32O2. The van der Waals surface area contributed by atoms with E-state index in [4.69, 9.17) is 0 Å². The van der Waals surface area contributed by atoms with Gasteiger partial charge in [-0.25, -0.2) is 0 Å². The molecule has 1 atom stereocenters. The number of Topliss-reactive ketones (excluding diaryl/α,β-unsaturated/α-hetero) is 1. The summed E-state index contributed by atoms with van der Waals surface area (Å²) < 4.78 is 0. The van der Waals surface area contributed by atoms with Crippen molar-refractivity contribution in [2.45, 2.75) is 84.5 Å². The first-order chi connectivity index (χ1) is 10.3. The molecule has 2 nitrogen and oxygen atoms in total. The molecule has 0 aliphatic heterocycles. The van der Waals surface area contributed by atoms with Crippen molar-refractivity contribution in [3.63, 3.8) is 0 Å². The molecule has 22 heavy (non-hydrogen) atoms. The van der Waals surface area contributed by atoms with Gasteiger partial charge in [0.05, 0.1) is 0 Å². The zero-order valence-corrected chi connectivity index (χ0v) is 14.9. The quantitative estimate of drug-likeness (QED) is 0.592. The Morgan fingerprint density at radius 2 is 1.91 bits per heavy atom. The lowest BCUT2D eigenvalue weighted by Crippen LogP contribution is -2.17. The van der Waals surface area contributed by atoms with Gasteiger partial charge in [-0.1, -0.05) is 65.5 Å². The molecule has 124 valence electrons. The van der Waals surface area contributed by atoms with Crippen molar-refractivity contribution in [3.05, 3.63) is 29.3 Å². The molecule has 1 aromatic carbocycles. The highest BCUT2D eigenvalue weighted by Gasteiger charge is 2.22. The van der Waals surface area contributed by atoms with Gasteiger partial charge in [-0.05, 0) is 41.9 Å². The Morgan fingerprint density at radius 3 is 2.45 bits per heavy atom. The average Bonchev–Trinajstić information content (AvgIpc) is 2.42. The van der Waals surface area contributed by atoms with E-state index in [9.17, 15) is 9.90 Å². The van der Waals surface area contributed by atoms with Gasteiger partial charge in [0.1, 0.15) is 11.5 Å². The molecule has 1 aromatic rings. The first kappa shape index (κ1) is 18.7. The van der Waals surface area contributed by atoms with Crippen LogP contribution < -0.4 is 0 Å². The average molecular weight is 304 g/mol. The largest absolute Gasteiger partial charge is 0.508 e. The maximum Gasteiger partial charge on any atom is 0.130 e. The van der Waals surface area contributed by atoms with Crippen molar-refractivity contribution in [2.75, 3.05) is 0 Å². The summed E-state index contributed by atoms with van der Waals surface area (Å²) in [6.07, 6.45) is 6.67. The van der Waals surface area contributed by atoms with Crippen molar-refractivity contribution < 1.29 is 9.90 Å². The van der Waals surface area contributed by atoms with Gasteiger partial charge < -0.3 is 9.90 Å². The summed E-state index contributed by atoms with van der Waals surface area (Å²) in [5.74, 6) is 0.555. The smallest absolute Gasteiger partial charge is 0.130 e. The number of carbonyl (C=O) groups is 1. The van der Waals surface area contributed by atoms with Crippen LogP contribution in [0.1, 0.15) is 90.2 Å². The van der Waals surface area contributed by atoms with Gasteiger partial charge in [0, 0.05) is 6.42 Å². The maximum absolute atomic E-state index is 11.3. The Balaban J connectivity index is 2.80. The second-order valence-corrected chi connectivity index (χ2v) is 7.28. The molecule has 0 spiro atoms. The fourth-order valence-electron chi connectivity index (χ4n) is 3.06. The second-order valence-electron chi connectivity index (χ2n) is 7.28. The molecule has 0 bridgehead atoms. The molecule has 0 amide bonds. The van der Waals surface area contributed by atoms with Gasteiger partial charge in [-0.15, -0.1) is 0 Å². The highest BCUT2D eigenvalue weighted by Crippen LogP contribution is 2.35. The summed E-state index contributed by atoms with van der Waals surface area (Å²) in [7, 11) is 0. The van der Waals surface area contributed by atoms with Crippen molar-refractivity contribution in [3.8, 4) is 5.75 Å². The number of hydrogen-bond acceptors (Lipinski definition) is 2.